The fourth-order valence-electron chi connectivity index (χ4n) is 2.65. The number of carbonyl (C=O) groups excluding carboxylic acids is 2. The normalized spacial score (nSPS) is 20.4. The maximum absolute atomic E-state index is 12.3. The van der Waals surface area contributed by atoms with Crippen LogP contribution in [-0.4, -0.2) is 55.9 Å². The zero-order valence-electron chi connectivity index (χ0n) is 14.6. The van der Waals surface area contributed by atoms with Gasteiger partial charge in [0.05, 0.1) is 11.5 Å². The number of benzene rings is 1. The lowest BCUT2D eigenvalue weighted by Gasteiger charge is -2.26. The highest BCUT2D eigenvalue weighted by Gasteiger charge is 2.34. The van der Waals surface area contributed by atoms with Crippen molar-refractivity contribution in [3.05, 3.63) is 41.5 Å². The molecule has 1 aliphatic rings. The number of rotatable bonds is 5. The van der Waals surface area contributed by atoms with Crippen LogP contribution in [0.15, 0.2) is 30.3 Å². The molecule has 0 N–H and O–H groups in total. The van der Waals surface area contributed by atoms with Gasteiger partial charge < -0.3 is 9.64 Å². The summed E-state index contributed by atoms with van der Waals surface area (Å²) in [7, 11) is -1.54. The Hall–Kier alpha value is -2.15. The van der Waals surface area contributed by atoms with Crippen LogP contribution in [0.4, 0.5) is 0 Å². The third kappa shape index (κ3) is 5.42. The summed E-state index contributed by atoms with van der Waals surface area (Å²) in [5.74, 6) is -0.973. The monoisotopic (exact) mass is 365 g/mol. The average molecular weight is 365 g/mol. The molecule has 0 bridgehead atoms. The molecule has 136 valence electrons. The molecule has 1 heterocycles. The number of likely N-dealkylation sites (N-methyl/N-ethyl adjacent to an activating group) is 1. The van der Waals surface area contributed by atoms with Gasteiger partial charge in [-0.15, -0.1) is 0 Å². The summed E-state index contributed by atoms with van der Waals surface area (Å²) in [5, 5.41) is 0. The van der Waals surface area contributed by atoms with E-state index in [1.54, 1.807) is 13.1 Å². The van der Waals surface area contributed by atoms with Crippen molar-refractivity contribution in [1.29, 1.82) is 0 Å². The number of sulfone groups is 1. The van der Waals surface area contributed by atoms with Gasteiger partial charge in [-0.2, -0.15) is 0 Å². The summed E-state index contributed by atoms with van der Waals surface area (Å²) >= 11 is 0. The Balaban J connectivity index is 1.89. The molecule has 1 amide bonds. The molecule has 2 atom stereocenters. The Morgan fingerprint density at radius 2 is 1.92 bits per heavy atom. The van der Waals surface area contributed by atoms with Gasteiger partial charge in [0.15, 0.2) is 15.9 Å². The average Bonchev–Trinajstić information content (AvgIpc) is 2.93. The molecule has 0 aliphatic carbocycles. The van der Waals surface area contributed by atoms with Crippen molar-refractivity contribution in [3.8, 4) is 0 Å². The number of hydrogen-bond acceptors (Lipinski definition) is 5. The zero-order chi connectivity index (χ0) is 18.6. The number of ether oxygens (including phenoxy) is 1. The van der Waals surface area contributed by atoms with Gasteiger partial charge in [-0.25, -0.2) is 13.2 Å². The smallest absolute Gasteiger partial charge is 0.331 e. The first-order valence-corrected chi connectivity index (χ1v) is 9.92. The summed E-state index contributed by atoms with van der Waals surface area (Å²) in [6.07, 6.45) is 2.34. The highest BCUT2D eigenvalue weighted by atomic mass is 32.2. The van der Waals surface area contributed by atoms with Crippen LogP contribution in [0.25, 0.3) is 6.08 Å². The molecular weight excluding hydrogens is 342 g/mol. The first kappa shape index (κ1) is 19.2. The maximum atomic E-state index is 12.3. The van der Waals surface area contributed by atoms with Crippen LogP contribution in [0.3, 0.4) is 0 Å². The van der Waals surface area contributed by atoms with Crippen molar-refractivity contribution in [2.75, 3.05) is 18.6 Å². The number of carbonyl (C=O) groups is 2. The van der Waals surface area contributed by atoms with Crippen LogP contribution in [0, 0.1) is 6.92 Å². The predicted molar refractivity (Wildman–Crippen MR) is 95.6 cm³/mol. The van der Waals surface area contributed by atoms with E-state index in [0.717, 1.165) is 11.1 Å². The van der Waals surface area contributed by atoms with Crippen molar-refractivity contribution in [3.63, 3.8) is 0 Å². The minimum atomic E-state index is -3.08. The third-order valence-electron chi connectivity index (χ3n) is 4.23. The zero-order valence-corrected chi connectivity index (χ0v) is 15.5. The van der Waals surface area contributed by atoms with Crippen LogP contribution >= 0.6 is 0 Å². The first-order valence-electron chi connectivity index (χ1n) is 8.10. The highest BCUT2D eigenvalue weighted by Crippen LogP contribution is 2.17. The second-order valence-electron chi connectivity index (χ2n) is 6.33. The van der Waals surface area contributed by atoms with E-state index < -0.39 is 27.8 Å². The van der Waals surface area contributed by atoms with Crippen molar-refractivity contribution >= 4 is 27.8 Å². The standard InChI is InChI=1S/C18H23NO5S/c1-13-4-6-15(7-5-13)8-9-17(20)24-14(2)18(21)19(3)16-10-11-25(22,23)12-16/h4-9,14,16H,10-12H2,1-3H3/b9-8+/t14-,16+/m0/s1. The fourth-order valence-corrected chi connectivity index (χ4v) is 4.43. The van der Waals surface area contributed by atoms with Gasteiger partial charge in [-0.1, -0.05) is 29.8 Å². The molecule has 0 saturated carbocycles. The highest BCUT2D eigenvalue weighted by molar-refractivity contribution is 7.91. The Morgan fingerprint density at radius 3 is 2.48 bits per heavy atom. The van der Waals surface area contributed by atoms with Crippen molar-refractivity contribution in [2.45, 2.75) is 32.4 Å². The van der Waals surface area contributed by atoms with E-state index in [0.29, 0.717) is 6.42 Å². The molecule has 0 spiro atoms. The van der Waals surface area contributed by atoms with Crippen LogP contribution in [0.1, 0.15) is 24.5 Å². The van der Waals surface area contributed by atoms with E-state index >= 15 is 0 Å². The van der Waals surface area contributed by atoms with E-state index in [2.05, 4.69) is 0 Å². The molecule has 25 heavy (non-hydrogen) atoms. The minimum absolute atomic E-state index is 0.0385. The molecule has 7 heteroatoms. The van der Waals surface area contributed by atoms with Gasteiger partial charge in [-0.3, -0.25) is 4.79 Å². The van der Waals surface area contributed by atoms with Gasteiger partial charge in [-0.05, 0) is 31.9 Å². The lowest BCUT2D eigenvalue weighted by atomic mass is 10.1. The molecule has 2 rings (SSSR count). The summed E-state index contributed by atoms with van der Waals surface area (Å²) < 4.78 is 28.2. The molecule has 6 nitrogen and oxygen atoms in total. The SMILES string of the molecule is Cc1ccc(/C=C/C(=O)O[C@@H](C)C(=O)N(C)[C@@H]2CCS(=O)(=O)C2)cc1. The molecular formula is C18H23NO5S. The predicted octanol–water partition coefficient (Wildman–Crippen LogP) is 1.59. The molecule has 1 saturated heterocycles. The number of esters is 1. The molecule has 1 aromatic rings. The topological polar surface area (TPSA) is 80.8 Å². The fraction of sp³-hybridized carbons (Fsp3) is 0.444. The second-order valence-corrected chi connectivity index (χ2v) is 8.56. The largest absolute Gasteiger partial charge is 0.449 e. The van der Waals surface area contributed by atoms with Gasteiger partial charge >= 0.3 is 5.97 Å². The molecule has 1 aliphatic heterocycles. The molecule has 0 radical (unpaired) electrons. The van der Waals surface area contributed by atoms with Crippen molar-refractivity contribution < 1.29 is 22.7 Å². The quantitative estimate of drug-likeness (QED) is 0.585. The third-order valence-corrected chi connectivity index (χ3v) is 5.98. The Kier molecular flexibility index (Phi) is 6.00. The summed E-state index contributed by atoms with van der Waals surface area (Å²) in [6, 6.07) is 7.26. The molecule has 0 unspecified atom stereocenters. The summed E-state index contributed by atoms with van der Waals surface area (Å²) in [6.45, 7) is 3.46. The van der Waals surface area contributed by atoms with E-state index in [1.165, 1.54) is 17.9 Å². The minimum Gasteiger partial charge on any atom is -0.449 e. The Morgan fingerprint density at radius 1 is 1.28 bits per heavy atom. The lowest BCUT2D eigenvalue weighted by Crippen LogP contribution is -2.44. The number of nitrogens with zero attached hydrogens (tertiary/aromatic N) is 1. The van der Waals surface area contributed by atoms with Crippen molar-refractivity contribution in [1.82, 2.24) is 4.90 Å². The number of amides is 1. The van der Waals surface area contributed by atoms with E-state index in [4.69, 9.17) is 4.74 Å². The Labute approximate surface area is 148 Å². The Bertz CT molecular complexity index is 767. The van der Waals surface area contributed by atoms with Crippen LogP contribution in [0.2, 0.25) is 0 Å². The van der Waals surface area contributed by atoms with E-state index in [1.807, 2.05) is 31.2 Å². The van der Waals surface area contributed by atoms with Gasteiger partial charge in [0.2, 0.25) is 0 Å². The maximum Gasteiger partial charge on any atom is 0.331 e. The van der Waals surface area contributed by atoms with Gasteiger partial charge in [0.1, 0.15) is 0 Å². The second kappa shape index (κ2) is 7.82. The van der Waals surface area contributed by atoms with Gasteiger partial charge in [0, 0.05) is 19.2 Å². The first-order chi connectivity index (χ1) is 11.7. The molecule has 1 fully saturated rings. The summed E-state index contributed by atoms with van der Waals surface area (Å²) in [4.78, 5) is 25.6. The lowest BCUT2D eigenvalue weighted by molar-refractivity contribution is -0.155. The van der Waals surface area contributed by atoms with Crippen LogP contribution < -0.4 is 0 Å². The van der Waals surface area contributed by atoms with E-state index in [-0.39, 0.29) is 17.5 Å². The number of hydrogen-bond donors (Lipinski definition) is 0. The molecule has 1 aromatic carbocycles. The van der Waals surface area contributed by atoms with E-state index in [9.17, 15) is 18.0 Å². The summed E-state index contributed by atoms with van der Waals surface area (Å²) in [5.41, 5.74) is 1.98. The van der Waals surface area contributed by atoms with Crippen LogP contribution in [-0.2, 0) is 24.2 Å². The van der Waals surface area contributed by atoms with Gasteiger partial charge in [0.25, 0.3) is 5.91 Å². The van der Waals surface area contributed by atoms with Crippen LogP contribution in [0.5, 0.6) is 0 Å². The molecule has 0 aromatic heterocycles. The number of aryl methyl sites for hydroxylation is 1. The van der Waals surface area contributed by atoms with Crippen molar-refractivity contribution in [2.24, 2.45) is 0 Å².